The van der Waals surface area contributed by atoms with Gasteiger partial charge in [-0.1, -0.05) is 0 Å². The summed E-state index contributed by atoms with van der Waals surface area (Å²) in [6.45, 7) is 6.02. The van der Waals surface area contributed by atoms with Gasteiger partial charge in [0.1, 0.15) is 0 Å². The number of rotatable bonds is 2. The third kappa shape index (κ3) is 3.45. The van der Waals surface area contributed by atoms with Crippen LogP contribution in [0.25, 0.3) is 0 Å². The fourth-order valence-electron chi connectivity index (χ4n) is 2.19. The summed E-state index contributed by atoms with van der Waals surface area (Å²) >= 11 is 0. The molecular formula is C13H23NO3. The molecule has 17 heavy (non-hydrogen) atoms. The molecule has 4 nitrogen and oxygen atoms in total. The van der Waals surface area contributed by atoms with E-state index in [-0.39, 0.29) is 23.3 Å². The summed E-state index contributed by atoms with van der Waals surface area (Å²) in [4.78, 5) is 24.8. The molecule has 98 valence electrons. The molecule has 0 aromatic rings. The molecule has 1 amide bonds. The van der Waals surface area contributed by atoms with Gasteiger partial charge in [-0.15, -0.1) is 0 Å². The zero-order valence-corrected chi connectivity index (χ0v) is 11.2. The molecule has 1 fully saturated rings. The van der Waals surface area contributed by atoms with Crippen LogP contribution in [-0.4, -0.2) is 34.5 Å². The maximum absolute atomic E-state index is 12.2. The van der Waals surface area contributed by atoms with E-state index in [1.165, 1.54) is 0 Å². The summed E-state index contributed by atoms with van der Waals surface area (Å²) in [5.41, 5.74) is -0.166. The first-order chi connectivity index (χ1) is 7.73. The Balaban J connectivity index is 2.55. The zero-order chi connectivity index (χ0) is 13.2. The molecular weight excluding hydrogens is 218 g/mol. The normalized spacial score (nSPS) is 25.4. The van der Waals surface area contributed by atoms with Gasteiger partial charge >= 0.3 is 5.97 Å². The van der Waals surface area contributed by atoms with Crippen molar-refractivity contribution in [3.63, 3.8) is 0 Å². The molecule has 0 aromatic heterocycles. The molecule has 0 atom stereocenters. The smallest absolute Gasteiger partial charge is 0.306 e. The van der Waals surface area contributed by atoms with Crippen molar-refractivity contribution in [2.75, 3.05) is 7.05 Å². The lowest BCUT2D eigenvalue weighted by molar-refractivity contribution is -0.146. The van der Waals surface area contributed by atoms with Gasteiger partial charge in [-0.2, -0.15) is 0 Å². The van der Waals surface area contributed by atoms with Crippen molar-refractivity contribution in [3.05, 3.63) is 0 Å². The van der Waals surface area contributed by atoms with Gasteiger partial charge in [0, 0.05) is 18.5 Å². The van der Waals surface area contributed by atoms with E-state index in [1.807, 2.05) is 27.8 Å². The molecule has 1 rings (SSSR count). The van der Waals surface area contributed by atoms with Gasteiger partial charge in [-0.25, -0.2) is 0 Å². The predicted octanol–water partition coefficient (Wildman–Crippen LogP) is 2.13. The number of amides is 1. The molecule has 1 aliphatic carbocycles. The monoisotopic (exact) mass is 241 g/mol. The quantitative estimate of drug-likeness (QED) is 0.805. The van der Waals surface area contributed by atoms with Crippen molar-refractivity contribution in [1.29, 1.82) is 0 Å². The number of hydrogen-bond donors (Lipinski definition) is 1. The van der Waals surface area contributed by atoms with Gasteiger partial charge < -0.3 is 10.0 Å². The minimum Gasteiger partial charge on any atom is -0.481 e. The van der Waals surface area contributed by atoms with E-state index in [1.54, 1.807) is 4.90 Å². The van der Waals surface area contributed by atoms with E-state index in [4.69, 9.17) is 5.11 Å². The Morgan fingerprint density at radius 3 is 1.82 bits per heavy atom. The molecule has 0 saturated heterocycles. The maximum atomic E-state index is 12.2. The summed E-state index contributed by atoms with van der Waals surface area (Å²) in [6.07, 6.45) is 2.67. The summed E-state index contributed by atoms with van der Waals surface area (Å²) in [6, 6.07) is 0. The van der Waals surface area contributed by atoms with Crippen LogP contribution in [0, 0.1) is 11.8 Å². The second-order valence-electron chi connectivity index (χ2n) is 5.95. The van der Waals surface area contributed by atoms with Gasteiger partial charge in [0.05, 0.1) is 5.92 Å². The Bertz CT molecular complexity index is 298. The van der Waals surface area contributed by atoms with Crippen molar-refractivity contribution in [1.82, 2.24) is 4.90 Å². The van der Waals surface area contributed by atoms with Crippen LogP contribution >= 0.6 is 0 Å². The van der Waals surface area contributed by atoms with E-state index < -0.39 is 5.97 Å². The summed E-state index contributed by atoms with van der Waals surface area (Å²) in [7, 11) is 1.83. The topological polar surface area (TPSA) is 57.6 Å². The van der Waals surface area contributed by atoms with E-state index in [2.05, 4.69) is 0 Å². The van der Waals surface area contributed by atoms with Gasteiger partial charge in [-0.05, 0) is 46.5 Å². The van der Waals surface area contributed by atoms with Crippen LogP contribution in [0.15, 0.2) is 0 Å². The number of nitrogens with zero attached hydrogens (tertiary/aromatic N) is 1. The minimum atomic E-state index is -0.722. The molecule has 0 unspecified atom stereocenters. The lowest BCUT2D eigenvalue weighted by Gasteiger charge is -2.36. The largest absolute Gasteiger partial charge is 0.481 e. The number of carboxylic acids is 1. The van der Waals surface area contributed by atoms with Gasteiger partial charge in [0.15, 0.2) is 0 Å². The van der Waals surface area contributed by atoms with Crippen molar-refractivity contribution in [3.8, 4) is 0 Å². The van der Waals surface area contributed by atoms with Crippen LogP contribution in [0.1, 0.15) is 46.5 Å². The molecule has 0 aliphatic heterocycles. The highest BCUT2D eigenvalue weighted by molar-refractivity contribution is 5.80. The van der Waals surface area contributed by atoms with E-state index in [0.717, 1.165) is 0 Å². The second-order valence-corrected chi connectivity index (χ2v) is 5.95. The van der Waals surface area contributed by atoms with Gasteiger partial charge in [-0.3, -0.25) is 9.59 Å². The first kappa shape index (κ1) is 14.0. The number of carbonyl (C=O) groups excluding carboxylic acids is 1. The van der Waals surface area contributed by atoms with Crippen molar-refractivity contribution >= 4 is 11.9 Å². The van der Waals surface area contributed by atoms with Crippen molar-refractivity contribution < 1.29 is 14.7 Å². The molecule has 1 saturated carbocycles. The lowest BCUT2D eigenvalue weighted by atomic mass is 9.81. The van der Waals surface area contributed by atoms with Crippen LogP contribution in [0.4, 0.5) is 0 Å². The molecule has 0 heterocycles. The number of hydrogen-bond acceptors (Lipinski definition) is 2. The first-order valence-electron chi connectivity index (χ1n) is 6.24. The van der Waals surface area contributed by atoms with Crippen molar-refractivity contribution in [2.45, 2.75) is 52.0 Å². The van der Waals surface area contributed by atoms with Crippen LogP contribution in [0.2, 0.25) is 0 Å². The highest BCUT2D eigenvalue weighted by atomic mass is 16.4. The van der Waals surface area contributed by atoms with Crippen LogP contribution in [0.3, 0.4) is 0 Å². The lowest BCUT2D eigenvalue weighted by Crippen LogP contribution is -2.46. The summed E-state index contributed by atoms with van der Waals surface area (Å²) < 4.78 is 0. The third-order valence-corrected chi connectivity index (χ3v) is 3.76. The number of carboxylic acid groups (broad SMARTS) is 1. The predicted molar refractivity (Wildman–Crippen MR) is 65.6 cm³/mol. The van der Waals surface area contributed by atoms with Gasteiger partial charge in [0.25, 0.3) is 0 Å². The molecule has 0 aromatic carbocycles. The number of aliphatic carboxylic acids is 1. The molecule has 0 radical (unpaired) electrons. The maximum Gasteiger partial charge on any atom is 0.306 e. The average molecular weight is 241 g/mol. The molecule has 4 heteroatoms. The molecule has 0 spiro atoms. The van der Waals surface area contributed by atoms with Crippen LogP contribution < -0.4 is 0 Å². The summed E-state index contributed by atoms with van der Waals surface area (Å²) in [5.74, 6) is -0.810. The number of carbonyl (C=O) groups is 2. The molecule has 0 bridgehead atoms. The zero-order valence-electron chi connectivity index (χ0n) is 11.2. The summed E-state index contributed by atoms with van der Waals surface area (Å²) in [5, 5.41) is 8.91. The minimum absolute atomic E-state index is 0.00910. The first-order valence-corrected chi connectivity index (χ1v) is 6.24. The van der Waals surface area contributed by atoms with E-state index >= 15 is 0 Å². The fourth-order valence-corrected chi connectivity index (χ4v) is 2.19. The van der Waals surface area contributed by atoms with E-state index in [9.17, 15) is 9.59 Å². The Kier molecular flexibility index (Phi) is 4.17. The SMILES string of the molecule is CN(C(=O)C1CCC(C(=O)O)CC1)C(C)(C)C. The Morgan fingerprint density at radius 2 is 1.47 bits per heavy atom. The highest BCUT2D eigenvalue weighted by Gasteiger charge is 2.33. The highest BCUT2D eigenvalue weighted by Crippen LogP contribution is 2.31. The third-order valence-electron chi connectivity index (χ3n) is 3.76. The molecule has 1 N–H and O–H groups in total. The van der Waals surface area contributed by atoms with E-state index in [0.29, 0.717) is 25.7 Å². The fraction of sp³-hybridized carbons (Fsp3) is 0.846. The Hall–Kier alpha value is -1.06. The van der Waals surface area contributed by atoms with Gasteiger partial charge in [0.2, 0.25) is 5.91 Å². The standard InChI is InChI=1S/C13H23NO3/c1-13(2,3)14(4)11(15)9-5-7-10(8-6-9)12(16)17/h9-10H,5-8H2,1-4H3,(H,16,17). The second kappa shape index (κ2) is 5.07. The average Bonchev–Trinajstić information content (AvgIpc) is 2.26. The van der Waals surface area contributed by atoms with Crippen LogP contribution in [0.5, 0.6) is 0 Å². The van der Waals surface area contributed by atoms with Crippen LogP contribution in [-0.2, 0) is 9.59 Å². The van der Waals surface area contributed by atoms with Crippen molar-refractivity contribution in [2.24, 2.45) is 11.8 Å². The molecule has 1 aliphatic rings. The Morgan fingerprint density at radius 1 is 1.06 bits per heavy atom. The Labute approximate surface area is 103 Å².